The van der Waals surface area contributed by atoms with Crippen LogP contribution in [0.2, 0.25) is 0 Å². The van der Waals surface area contributed by atoms with E-state index in [-0.39, 0.29) is 0 Å². The van der Waals surface area contributed by atoms with Crippen LogP contribution in [0.4, 0.5) is 0 Å². The number of benzene rings is 1. The Morgan fingerprint density at radius 2 is 2.12 bits per heavy atom. The van der Waals surface area contributed by atoms with Crippen LogP contribution >= 0.6 is 0 Å². The molecular weight excluding hydrogens is 202 g/mol. The number of rotatable bonds is 2. The molecule has 2 heterocycles. The first-order valence-electron chi connectivity index (χ1n) is 5.95. The molecule has 0 aromatic heterocycles. The van der Waals surface area contributed by atoms with Gasteiger partial charge in [0.05, 0.1) is 13.2 Å². The lowest BCUT2D eigenvalue weighted by atomic mass is 9.95. The quantitative estimate of drug-likeness (QED) is 0.793. The molecule has 1 fully saturated rings. The Morgan fingerprint density at radius 1 is 1.31 bits per heavy atom. The Balaban J connectivity index is 1.83. The fraction of sp³-hybridized carbons (Fsp3) is 0.538. The number of hydrogen-bond acceptors (Lipinski definition) is 3. The number of phenolic OH excluding ortho intramolecular Hbond substituents is 1. The highest BCUT2D eigenvalue weighted by molar-refractivity contribution is 5.43. The van der Waals surface area contributed by atoms with Gasteiger partial charge in [0.25, 0.3) is 0 Å². The molecule has 1 atom stereocenters. The van der Waals surface area contributed by atoms with Crippen LogP contribution in [0.3, 0.4) is 0 Å². The molecule has 0 aliphatic carbocycles. The van der Waals surface area contributed by atoms with E-state index in [0.717, 1.165) is 30.6 Å². The van der Waals surface area contributed by atoms with Gasteiger partial charge in [0.1, 0.15) is 5.75 Å². The van der Waals surface area contributed by atoms with Gasteiger partial charge in [-0.3, -0.25) is 0 Å². The smallest absolute Gasteiger partial charge is 0.119 e. The predicted octanol–water partition coefficient (Wildman–Crippen LogP) is 1.57. The van der Waals surface area contributed by atoms with Crippen molar-refractivity contribution in [3.05, 3.63) is 28.8 Å². The summed E-state index contributed by atoms with van der Waals surface area (Å²) in [7, 11) is 0. The van der Waals surface area contributed by atoms with E-state index < -0.39 is 0 Å². The van der Waals surface area contributed by atoms with E-state index in [1.807, 2.05) is 6.07 Å². The third-order valence-corrected chi connectivity index (χ3v) is 3.59. The first kappa shape index (κ1) is 10.1. The summed E-state index contributed by atoms with van der Waals surface area (Å²) in [4.78, 5) is 0. The van der Waals surface area contributed by atoms with Crippen LogP contribution < -0.4 is 5.32 Å². The van der Waals surface area contributed by atoms with Gasteiger partial charge in [0, 0.05) is 0 Å². The van der Waals surface area contributed by atoms with Crippen LogP contribution in [-0.4, -0.2) is 18.2 Å². The molecule has 3 rings (SSSR count). The largest absolute Gasteiger partial charge is 0.508 e. The van der Waals surface area contributed by atoms with Crippen molar-refractivity contribution in [3.8, 4) is 5.75 Å². The molecule has 3 nitrogen and oxygen atoms in total. The number of fused-ring (bicyclic) bond motifs is 1. The fourth-order valence-corrected chi connectivity index (χ4v) is 2.63. The first-order chi connectivity index (χ1) is 7.83. The standard InChI is InChI=1S/C13H17NO2/c15-13-5-12-8-16-7-11(12)4-10(13)3-9-1-2-14-6-9/h4-5,9,14-15H,1-3,6-8H2. The van der Waals surface area contributed by atoms with Gasteiger partial charge in [-0.05, 0) is 60.7 Å². The van der Waals surface area contributed by atoms with E-state index in [1.54, 1.807) is 0 Å². The fourth-order valence-electron chi connectivity index (χ4n) is 2.63. The summed E-state index contributed by atoms with van der Waals surface area (Å²) < 4.78 is 5.37. The van der Waals surface area contributed by atoms with Crippen molar-refractivity contribution in [2.45, 2.75) is 26.1 Å². The van der Waals surface area contributed by atoms with Gasteiger partial charge in [0.15, 0.2) is 0 Å². The molecule has 0 spiro atoms. The molecule has 1 aromatic rings. The van der Waals surface area contributed by atoms with Crippen LogP contribution in [0.1, 0.15) is 23.1 Å². The highest BCUT2D eigenvalue weighted by Crippen LogP contribution is 2.30. The minimum Gasteiger partial charge on any atom is -0.508 e. The Hall–Kier alpha value is -1.06. The van der Waals surface area contributed by atoms with Gasteiger partial charge in [-0.1, -0.05) is 0 Å². The summed E-state index contributed by atoms with van der Waals surface area (Å²) in [6.45, 7) is 3.53. The molecule has 0 saturated carbocycles. The van der Waals surface area contributed by atoms with Crippen molar-refractivity contribution in [2.75, 3.05) is 13.1 Å². The molecule has 2 aliphatic heterocycles. The Bertz CT molecular complexity index is 397. The van der Waals surface area contributed by atoms with Gasteiger partial charge in [-0.25, -0.2) is 0 Å². The van der Waals surface area contributed by atoms with Crippen molar-refractivity contribution < 1.29 is 9.84 Å². The normalized spacial score (nSPS) is 23.6. The summed E-state index contributed by atoms with van der Waals surface area (Å²) >= 11 is 0. The maximum absolute atomic E-state index is 9.96. The van der Waals surface area contributed by atoms with E-state index in [2.05, 4.69) is 11.4 Å². The predicted molar refractivity (Wildman–Crippen MR) is 61.3 cm³/mol. The molecule has 1 unspecified atom stereocenters. The zero-order valence-electron chi connectivity index (χ0n) is 9.33. The lowest BCUT2D eigenvalue weighted by Crippen LogP contribution is -2.11. The van der Waals surface area contributed by atoms with E-state index in [1.165, 1.54) is 12.0 Å². The highest BCUT2D eigenvalue weighted by Gasteiger charge is 2.19. The summed E-state index contributed by atoms with van der Waals surface area (Å²) in [5.74, 6) is 1.11. The SMILES string of the molecule is Oc1cc2c(cc1CC1CCNC1)COC2. The summed E-state index contributed by atoms with van der Waals surface area (Å²) in [6.07, 6.45) is 2.19. The second kappa shape index (κ2) is 4.07. The molecule has 86 valence electrons. The summed E-state index contributed by atoms with van der Waals surface area (Å²) in [5, 5.41) is 13.3. The Kier molecular flexibility index (Phi) is 2.58. The monoisotopic (exact) mass is 219 g/mol. The van der Waals surface area contributed by atoms with E-state index >= 15 is 0 Å². The van der Waals surface area contributed by atoms with Crippen molar-refractivity contribution in [2.24, 2.45) is 5.92 Å². The minimum atomic E-state index is 0.441. The average molecular weight is 219 g/mol. The number of hydrogen-bond donors (Lipinski definition) is 2. The van der Waals surface area contributed by atoms with Gasteiger partial charge in [0.2, 0.25) is 0 Å². The molecule has 2 aliphatic rings. The zero-order valence-corrected chi connectivity index (χ0v) is 9.33. The van der Waals surface area contributed by atoms with Crippen LogP contribution in [0.15, 0.2) is 12.1 Å². The second-order valence-corrected chi connectivity index (χ2v) is 4.81. The van der Waals surface area contributed by atoms with Crippen molar-refractivity contribution in [1.29, 1.82) is 0 Å². The van der Waals surface area contributed by atoms with Crippen molar-refractivity contribution in [3.63, 3.8) is 0 Å². The number of phenols is 1. The topological polar surface area (TPSA) is 41.5 Å². The number of aromatic hydroxyl groups is 1. The lowest BCUT2D eigenvalue weighted by molar-refractivity contribution is 0.134. The Labute approximate surface area is 95.4 Å². The minimum absolute atomic E-state index is 0.441. The number of nitrogens with one attached hydrogen (secondary N) is 1. The van der Waals surface area contributed by atoms with Crippen LogP contribution in [-0.2, 0) is 24.4 Å². The van der Waals surface area contributed by atoms with Gasteiger partial charge in [-0.2, -0.15) is 0 Å². The first-order valence-corrected chi connectivity index (χ1v) is 5.95. The summed E-state index contributed by atoms with van der Waals surface area (Å²) in [5.41, 5.74) is 3.47. The molecule has 16 heavy (non-hydrogen) atoms. The van der Waals surface area contributed by atoms with Crippen molar-refractivity contribution >= 4 is 0 Å². The molecule has 1 saturated heterocycles. The summed E-state index contributed by atoms with van der Waals surface area (Å²) in [6, 6.07) is 4.00. The zero-order chi connectivity index (χ0) is 11.0. The molecule has 0 radical (unpaired) electrons. The van der Waals surface area contributed by atoms with Crippen molar-refractivity contribution in [1.82, 2.24) is 5.32 Å². The average Bonchev–Trinajstić information content (AvgIpc) is 2.89. The maximum Gasteiger partial charge on any atom is 0.119 e. The van der Waals surface area contributed by atoms with E-state index in [4.69, 9.17) is 4.74 Å². The lowest BCUT2D eigenvalue weighted by Gasteiger charge is -2.11. The van der Waals surface area contributed by atoms with Crippen LogP contribution in [0, 0.1) is 5.92 Å². The molecule has 0 bridgehead atoms. The molecule has 1 aromatic carbocycles. The molecule has 0 amide bonds. The van der Waals surface area contributed by atoms with Gasteiger partial charge >= 0.3 is 0 Å². The van der Waals surface area contributed by atoms with Crippen LogP contribution in [0.25, 0.3) is 0 Å². The molecular formula is C13H17NO2. The number of ether oxygens (including phenoxy) is 1. The molecule has 3 heteroatoms. The van der Waals surface area contributed by atoms with E-state index in [0.29, 0.717) is 24.9 Å². The second-order valence-electron chi connectivity index (χ2n) is 4.81. The van der Waals surface area contributed by atoms with Gasteiger partial charge < -0.3 is 15.2 Å². The Morgan fingerprint density at radius 3 is 2.88 bits per heavy atom. The third kappa shape index (κ3) is 1.81. The maximum atomic E-state index is 9.96. The van der Waals surface area contributed by atoms with Gasteiger partial charge in [-0.15, -0.1) is 0 Å². The highest BCUT2D eigenvalue weighted by atomic mass is 16.5. The van der Waals surface area contributed by atoms with E-state index in [9.17, 15) is 5.11 Å². The molecule has 2 N–H and O–H groups in total. The third-order valence-electron chi connectivity index (χ3n) is 3.59. The van der Waals surface area contributed by atoms with Crippen LogP contribution in [0.5, 0.6) is 5.75 Å².